The molecule has 176 valence electrons. The van der Waals surface area contributed by atoms with E-state index >= 15 is 0 Å². The number of unbranched alkanes of at least 4 members (excludes halogenated alkanes) is 11. The van der Waals surface area contributed by atoms with Crippen molar-refractivity contribution in [2.45, 2.75) is 141 Å². The van der Waals surface area contributed by atoms with Gasteiger partial charge in [-0.2, -0.15) is 0 Å². The molecule has 0 aromatic heterocycles. The van der Waals surface area contributed by atoms with Crippen LogP contribution in [0.2, 0.25) is 0 Å². The summed E-state index contributed by atoms with van der Waals surface area (Å²) in [6.45, 7) is 5.93. The molecule has 4 fully saturated rings. The van der Waals surface area contributed by atoms with E-state index in [0.29, 0.717) is 6.23 Å². The van der Waals surface area contributed by atoms with Crippen LogP contribution in [0.25, 0.3) is 0 Å². The summed E-state index contributed by atoms with van der Waals surface area (Å²) in [5.41, 5.74) is 0.250. The van der Waals surface area contributed by atoms with E-state index < -0.39 is 0 Å². The van der Waals surface area contributed by atoms with Crippen LogP contribution < -0.4 is 0 Å². The van der Waals surface area contributed by atoms with Crippen molar-refractivity contribution in [1.82, 2.24) is 0 Å². The molecular formula is C28H54NO+. The first-order valence-electron chi connectivity index (χ1n) is 13.9. The van der Waals surface area contributed by atoms with Gasteiger partial charge in [0.2, 0.25) is 0 Å². The van der Waals surface area contributed by atoms with Crippen molar-refractivity contribution in [3.63, 3.8) is 0 Å². The van der Waals surface area contributed by atoms with Crippen LogP contribution in [0.1, 0.15) is 129 Å². The van der Waals surface area contributed by atoms with Gasteiger partial charge in [0.1, 0.15) is 0 Å². The SMILES string of the molecule is CCCCCCCCCCCCCC[N+](C)(C)C(C)OC12CC3CC(CC(C3)C1)C2. The third kappa shape index (κ3) is 7.22. The van der Waals surface area contributed by atoms with Crippen molar-refractivity contribution >= 4 is 0 Å². The lowest BCUT2D eigenvalue weighted by Crippen LogP contribution is -2.58. The maximum absolute atomic E-state index is 6.95. The van der Waals surface area contributed by atoms with Crippen LogP contribution in [-0.2, 0) is 4.74 Å². The zero-order chi connectivity index (χ0) is 21.5. The molecule has 1 atom stereocenters. The lowest BCUT2D eigenvalue weighted by Gasteiger charge is -2.57. The van der Waals surface area contributed by atoms with Crippen LogP contribution in [0.3, 0.4) is 0 Å². The molecule has 0 N–H and O–H groups in total. The molecule has 4 aliphatic rings. The Hall–Kier alpha value is -0.0800. The number of rotatable bonds is 16. The molecule has 0 radical (unpaired) electrons. The predicted molar refractivity (Wildman–Crippen MR) is 130 cm³/mol. The molecule has 30 heavy (non-hydrogen) atoms. The third-order valence-electron chi connectivity index (χ3n) is 8.97. The highest BCUT2D eigenvalue weighted by Gasteiger charge is 2.53. The summed E-state index contributed by atoms with van der Waals surface area (Å²) < 4.78 is 7.99. The molecule has 0 saturated heterocycles. The van der Waals surface area contributed by atoms with E-state index in [9.17, 15) is 0 Å². The zero-order valence-corrected chi connectivity index (χ0v) is 21.1. The first-order chi connectivity index (χ1) is 14.4. The molecule has 2 heteroatoms. The first kappa shape index (κ1) is 24.6. The van der Waals surface area contributed by atoms with Crippen LogP contribution in [-0.4, -0.2) is 37.0 Å². The smallest absolute Gasteiger partial charge is 0.190 e. The molecular weight excluding hydrogens is 366 g/mol. The standard InChI is InChI=1S/C28H54NO/c1-5-6-7-8-9-10-11-12-13-14-15-16-17-29(3,4)24(2)30-28-21-25-18-26(22-28)20-27(19-25)23-28/h24-27H,5-23H2,1-4H3/q+1. The summed E-state index contributed by atoms with van der Waals surface area (Å²) in [4.78, 5) is 0. The normalized spacial score (nSPS) is 31.4. The van der Waals surface area contributed by atoms with Crippen molar-refractivity contribution < 1.29 is 9.22 Å². The van der Waals surface area contributed by atoms with Crippen LogP contribution >= 0.6 is 0 Å². The highest BCUT2D eigenvalue weighted by Crippen LogP contribution is 2.57. The van der Waals surface area contributed by atoms with Gasteiger partial charge in [0.25, 0.3) is 0 Å². The minimum absolute atomic E-state index is 0.250. The third-order valence-corrected chi connectivity index (χ3v) is 8.97. The Morgan fingerprint density at radius 3 is 1.53 bits per heavy atom. The largest absolute Gasteiger partial charge is 0.323 e. The fraction of sp³-hybridized carbons (Fsp3) is 1.00. The molecule has 1 unspecified atom stereocenters. The molecule has 0 spiro atoms. The predicted octanol–water partition coefficient (Wildman–Crippen LogP) is 8.10. The Morgan fingerprint density at radius 2 is 1.10 bits per heavy atom. The summed E-state index contributed by atoms with van der Waals surface area (Å²) in [5, 5.41) is 0. The van der Waals surface area contributed by atoms with Crippen molar-refractivity contribution in [2.24, 2.45) is 17.8 Å². The minimum atomic E-state index is 0.250. The summed E-state index contributed by atoms with van der Waals surface area (Å²) in [6, 6.07) is 0. The number of hydrogen-bond acceptors (Lipinski definition) is 1. The number of quaternary nitrogens is 1. The van der Waals surface area contributed by atoms with Gasteiger partial charge in [-0.3, -0.25) is 0 Å². The van der Waals surface area contributed by atoms with Crippen molar-refractivity contribution in [2.75, 3.05) is 20.6 Å². The maximum atomic E-state index is 6.95. The Labute approximate surface area is 189 Å². The summed E-state index contributed by atoms with van der Waals surface area (Å²) >= 11 is 0. The molecule has 4 saturated carbocycles. The Balaban J connectivity index is 1.24. The molecule has 0 amide bonds. The Morgan fingerprint density at radius 1 is 0.700 bits per heavy atom. The lowest BCUT2D eigenvalue weighted by atomic mass is 9.54. The second-order valence-corrected chi connectivity index (χ2v) is 12.2. The van der Waals surface area contributed by atoms with Gasteiger partial charge in [-0.05, 0) is 69.1 Å². The second-order valence-electron chi connectivity index (χ2n) is 12.2. The number of nitrogens with zero attached hydrogens (tertiary/aromatic N) is 1. The Bertz CT molecular complexity index is 450. The lowest BCUT2D eigenvalue weighted by molar-refractivity contribution is -0.938. The molecule has 2 nitrogen and oxygen atoms in total. The quantitative estimate of drug-likeness (QED) is 0.139. The van der Waals surface area contributed by atoms with Crippen LogP contribution in [0, 0.1) is 17.8 Å². The van der Waals surface area contributed by atoms with Crippen molar-refractivity contribution in [3.05, 3.63) is 0 Å². The fourth-order valence-corrected chi connectivity index (χ4v) is 7.22. The van der Waals surface area contributed by atoms with Gasteiger partial charge in [-0.25, -0.2) is 0 Å². The summed E-state index contributed by atoms with van der Waals surface area (Å²) in [5.74, 6) is 2.95. The van der Waals surface area contributed by atoms with Crippen molar-refractivity contribution in [1.29, 1.82) is 0 Å². The highest BCUT2D eigenvalue weighted by atomic mass is 16.5. The van der Waals surface area contributed by atoms with Crippen LogP contribution in [0.4, 0.5) is 0 Å². The van der Waals surface area contributed by atoms with E-state index in [1.54, 1.807) is 0 Å². The van der Waals surface area contributed by atoms with Gasteiger partial charge in [-0.1, -0.05) is 71.1 Å². The molecule has 4 aliphatic carbocycles. The number of ether oxygens (including phenoxy) is 1. The van der Waals surface area contributed by atoms with Gasteiger partial charge in [0.15, 0.2) is 6.23 Å². The topological polar surface area (TPSA) is 9.23 Å². The van der Waals surface area contributed by atoms with Crippen molar-refractivity contribution in [3.8, 4) is 0 Å². The minimum Gasteiger partial charge on any atom is -0.323 e. The zero-order valence-electron chi connectivity index (χ0n) is 21.1. The fourth-order valence-electron chi connectivity index (χ4n) is 7.22. The van der Waals surface area contributed by atoms with E-state index in [2.05, 4.69) is 27.9 Å². The van der Waals surface area contributed by atoms with Gasteiger partial charge in [0.05, 0.1) is 26.2 Å². The summed E-state index contributed by atoms with van der Waals surface area (Å²) in [6.07, 6.45) is 26.2. The van der Waals surface area contributed by atoms with Gasteiger partial charge < -0.3 is 9.22 Å². The first-order valence-corrected chi connectivity index (χ1v) is 13.9. The molecule has 0 aromatic carbocycles. The average molecular weight is 421 g/mol. The van der Waals surface area contributed by atoms with Gasteiger partial charge in [-0.15, -0.1) is 0 Å². The highest BCUT2D eigenvalue weighted by molar-refractivity contribution is 5.03. The average Bonchev–Trinajstić information content (AvgIpc) is 2.67. The van der Waals surface area contributed by atoms with Crippen LogP contribution in [0.5, 0.6) is 0 Å². The van der Waals surface area contributed by atoms with E-state index in [0.717, 1.165) is 22.2 Å². The van der Waals surface area contributed by atoms with E-state index in [-0.39, 0.29) is 5.60 Å². The molecule has 4 bridgehead atoms. The monoisotopic (exact) mass is 420 g/mol. The van der Waals surface area contributed by atoms with Gasteiger partial charge in [0, 0.05) is 6.92 Å². The molecule has 0 aromatic rings. The van der Waals surface area contributed by atoms with Crippen LogP contribution in [0.15, 0.2) is 0 Å². The van der Waals surface area contributed by atoms with E-state index in [1.165, 1.54) is 122 Å². The van der Waals surface area contributed by atoms with Gasteiger partial charge >= 0.3 is 0 Å². The molecule has 4 rings (SSSR count). The van der Waals surface area contributed by atoms with E-state index in [4.69, 9.17) is 4.74 Å². The molecule has 0 aliphatic heterocycles. The number of hydrogen-bond donors (Lipinski definition) is 0. The summed E-state index contributed by atoms with van der Waals surface area (Å²) in [7, 11) is 4.81. The molecule has 0 heterocycles. The second kappa shape index (κ2) is 11.7. The Kier molecular flexibility index (Phi) is 9.57. The van der Waals surface area contributed by atoms with E-state index in [1.807, 2.05) is 0 Å². The maximum Gasteiger partial charge on any atom is 0.190 e.